The largest absolute Gasteiger partial charge is 0.497 e. The summed E-state index contributed by atoms with van der Waals surface area (Å²) in [6.07, 6.45) is 0. The van der Waals surface area contributed by atoms with Crippen LogP contribution in [0, 0.1) is 0 Å². The fourth-order valence-corrected chi connectivity index (χ4v) is 1.07. The van der Waals surface area contributed by atoms with E-state index in [-0.39, 0.29) is 0 Å². The standard InChI is InChI=1S/C10H13NO3/c1-10(11,9(12)13)7-4-3-5-8(6-7)14-2/h3-6H,11H2,1-2H3,(H,12,13). The zero-order valence-corrected chi connectivity index (χ0v) is 8.15. The van der Waals surface area contributed by atoms with Crippen molar-refractivity contribution in [2.24, 2.45) is 5.73 Å². The summed E-state index contributed by atoms with van der Waals surface area (Å²) in [4.78, 5) is 10.9. The molecule has 0 saturated carbocycles. The Balaban J connectivity index is 3.12. The molecule has 1 aromatic carbocycles. The first-order chi connectivity index (χ1) is 6.48. The molecule has 1 atom stereocenters. The van der Waals surface area contributed by atoms with Gasteiger partial charge in [0.15, 0.2) is 0 Å². The van der Waals surface area contributed by atoms with Gasteiger partial charge >= 0.3 is 5.97 Å². The first-order valence-electron chi connectivity index (χ1n) is 4.15. The van der Waals surface area contributed by atoms with Crippen molar-refractivity contribution in [3.05, 3.63) is 29.8 Å². The van der Waals surface area contributed by atoms with Crippen molar-refractivity contribution in [2.75, 3.05) is 7.11 Å². The predicted molar refractivity (Wildman–Crippen MR) is 52.2 cm³/mol. The number of carbonyl (C=O) groups is 1. The molecule has 0 spiro atoms. The molecule has 0 bridgehead atoms. The van der Waals surface area contributed by atoms with Crippen LogP contribution in [-0.2, 0) is 10.3 Å². The molecule has 0 heterocycles. The molecule has 1 unspecified atom stereocenters. The minimum Gasteiger partial charge on any atom is -0.497 e. The minimum atomic E-state index is -1.38. The zero-order chi connectivity index (χ0) is 10.8. The number of ether oxygens (including phenoxy) is 1. The summed E-state index contributed by atoms with van der Waals surface area (Å²) in [5.74, 6) is -0.467. The third-order valence-electron chi connectivity index (χ3n) is 2.11. The Morgan fingerprint density at radius 1 is 1.57 bits per heavy atom. The molecule has 1 rings (SSSR count). The molecule has 0 saturated heterocycles. The molecule has 0 radical (unpaired) electrons. The van der Waals surface area contributed by atoms with E-state index in [1.54, 1.807) is 24.3 Å². The monoisotopic (exact) mass is 195 g/mol. The Hall–Kier alpha value is -1.55. The van der Waals surface area contributed by atoms with Gasteiger partial charge < -0.3 is 15.6 Å². The molecule has 0 fully saturated rings. The van der Waals surface area contributed by atoms with Crippen molar-refractivity contribution in [3.63, 3.8) is 0 Å². The number of hydrogen-bond donors (Lipinski definition) is 2. The lowest BCUT2D eigenvalue weighted by atomic mass is 9.93. The number of aliphatic carboxylic acids is 1. The average Bonchev–Trinajstić information content (AvgIpc) is 2.17. The van der Waals surface area contributed by atoms with Crippen LogP contribution < -0.4 is 10.5 Å². The highest BCUT2D eigenvalue weighted by atomic mass is 16.5. The van der Waals surface area contributed by atoms with E-state index in [1.165, 1.54) is 14.0 Å². The van der Waals surface area contributed by atoms with Gasteiger partial charge in [0.1, 0.15) is 11.3 Å². The van der Waals surface area contributed by atoms with Crippen molar-refractivity contribution in [1.29, 1.82) is 0 Å². The molecular formula is C10H13NO3. The zero-order valence-electron chi connectivity index (χ0n) is 8.15. The number of nitrogens with two attached hydrogens (primary N) is 1. The summed E-state index contributed by atoms with van der Waals surface area (Å²) in [6.45, 7) is 1.45. The highest BCUT2D eigenvalue weighted by Gasteiger charge is 2.30. The van der Waals surface area contributed by atoms with Crippen LogP contribution in [0.5, 0.6) is 5.75 Å². The van der Waals surface area contributed by atoms with Gasteiger partial charge in [0.05, 0.1) is 7.11 Å². The summed E-state index contributed by atoms with van der Waals surface area (Å²) < 4.78 is 4.98. The van der Waals surface area contributed by atoms with Crippen LogP contribution >= 0.6 is 0 Å². The number of carboxylic acid groups (broad SMARTS) is 1. The summed E-state index contributed by atoms with van der Waals surface area (Å²) in [5, 5.41) is 8.89. The minimum absolute atomic E-state index is 0.518. The Morgan fingerprint density at radius 2 is 2.21 bits per heavy atom. The lowest BCUT2D eigenvalue weighted by molar-refractivity contribution is -0.143. The van der Waals surface area contributed by atoms with Crippen LogP contribution in [0.2, 0.25) is 0 Å². The van der Waals surface area contributed by atoms with Crippen molar-refractivity contribution in [3.8, 4) is 5.75 Å². The summed E-state index contributed by atoms with van der Waals surface area (Å²) in [5.41, 5.74) is 4.79. The molecular weight excluding hydrogens is 182 g/mol. The van der Waals surface area contributed by atoms with Gasteiger partial charge in [-0.05, 0) is 24.6 Å². The maximum Gasteiger partial charge on any atom is 0.328 e. The molecule has 0 aromatic heterocycles. The van der Waals surface area contributed by atoms with E-state index in [0.29, 0.717) is 11.3 Å². The Bertz CT molecular complexity index is 347. The van der Waals surface area contributed by atoms with Crippen LogP contribution in [0.25, 0.3) is 0 Å². The Labute approximate surface area is 82.3 Å². The summed E-state index contributed by atoms with van der Waals surface area (Å²) in [6, 6.07) is 6.73. The lowest BCUT2D eigenvalue weighted by Gasteiger charge is -2.19. The van der Waals surface area contributed by atoms with Gasteiger partial charge in [0.25, 0.3) is 0 Å². The number of methoxy groups -OCH3 is 1. The molecule has 4 heteroatoms. The first kappa shape index (κ1) is 10.5. The third kappa shape index (κ3) is 1.85. The number of carboxylic acids is 1. The van der Waals surface area contributed by atoms with Gasteiger partial charge in [-0.25, -0.2) is 4.79 Å². The van der Waals surface area contributed by atoms with Crippen LogP contribution in [0.4, 0.5) is 0 Å². The van der Waals surface area contributed by atoms with Gasteiger partial charge in [-0.3, -0.25) is 0 Å². The highest BCUT2D eigenvalue weighted by molar-refractivity contribution is 5.80. The van der Waals surface area contributed by atoms with Gasteiger partial charge in [-0.1, -0.05) is 12.1 Å². The normalized spacial score (nSPS) is 14.5. The number of benzene rings is 1. The van der Waals surface area contributed by atoms with E-state index < -0.39 is 11.5 Å². The maximum absolute atomic E-state index is 10.9. The van der Waals surface area contributed by atoms with E-state index in [1.807, 2.05) is 0 Å². The van der Waals surface area contributed by atoms with Crippen molar-refractivity contribution >= 4 is 5.97 Å². The predicted octanol–water partition coefficient (Wildman–Crippen LogP) is 0.954. The van der Waals surface area contributed by atoms with Crippen LogP contribution in [0.3, 0.4) is 0 Å². The smallest absolute Gasteiger partial charge is 0.328 e. The second-order valence-electron chi connectivity index (χ2n) is 3.24. The fourth-order valence-electron chi connectivity index (χ4n) is 1.07. The van der Waals surface area contributed by atoms with E-state index in [4.69, 9.17) is 15.6 Å². The maximum atomic E-state index is 10.9. The van der Waals surface area contributed by atoms with E-state index >= 15 is 0 Å². The second-order valence-corrected chi connectivity index (χ2v) is 3.24. The SMILES string of the molecule is COc1cccc(C(C)(N)C(=O)O)c1. The molecule has 3 N–H and O–H groups in total. The van der Waals surface area contributed by atoms with Crippen molar-refractivity contribution in [1.82, 2.24) is 0 Å². The van der Waals surface area contributed by atoms with E-state index in [2.05, 4.69) is 0 Å². The molecule has 0 aliphatic carbocycles. The topological polar surface area (TPSA) is 72.5 Å². The van der Waals surface area contributed by atoms with E-state index in [0.717, 1.165) is 0 Å². The molecule has 76 valence electrons. The van der Waals surface area contributed by atoms with Gasteiger partial charge in [-0.2, -0.15) is 0 Å². The molecule has 0 aliphatic rings. The van der Waals surface area contributed by atoms with Gasteiger partial charge in [0.2, 0.25) is 0 Å². The second kappa shape index (κ2) is 3.67. The lowest BCUT2D eigenvalue weighted by Crippen LogP contribution is -2.41. The Morgan fingerprint density at radius 3 is 2.71 bits per heavy atom. The fraction of sp³-hybridized carbons (Fsp3) is 0.300. The quantitative estimate of drug-likeness (QED) is 0.753. The average molecular weight is 195 g/mol. The van der Waals surface area contributed by atoms with Crippen molar-refractivity contribution < 1.29 is 14.6 Å². The molecule has 0 aliphatic heterocycles. The number of hydrogen-bond acceptors (Lipinski definition) is 3. The third-order valence-corrected chi connectivity index (χ3v) is 2.11. The highest BCUT2D eigenvalue weighted by Crippen LogP contribution is 2.22. The van der Waals surface area contributed by atoms with Crippen LogP contribution in [0.15, 0.2) is 24.3 Å². The molecule has 0 amide bonds. The summed E-state index contributed by atoms with van der Waals surface area (Å²) in [7, 11) is 1.52. The molecule has 4 nitrogen and oxygen atoms in total. The van der Waals surface area contributed by atoms with Gasteiger partial charge in [0, 0.05) is 0 Å². The molecule has 14 heavy (non-hydrogen) atoms. The van der Waals surface area contributed by atoms with Crippen molar-refractivity contribution in [2.45, 2.75) is 12.5 Å². The van der Waals surface area contributed by atoms with Gasteiger partial charge in [-0.15, -0.1) is 0 Å². The van der Waals surface area contributed by atoms with Crippen LogP contribution in [0.1, 0.15) is 12.5 Å². The first-order valence-corrected chi connectivity index (χ1v) is 4.15. The van der Waals surface area contributed by atoms with E-state index in [9.17, 15) is 4.79 Å². The van der Waals surface area contributed by atoms with Crippen LogP contribution in [-0.4, -0.2) is 18.2 Å². The summed E-state index contributed by atoms with van der Waals surface area (Å²) >= 11 is 0. The number of rotatable bonds is 3. The molecule has 1 aromatic rings. The Kier molecular flexibility index (Phi) is 2.76.